The van der Waals surface area contributed by atoms with Gasteiger partial charge in [0.05, 0.1) is 24.4 Å². The Kier molecular flexibility index (Phi) is 10.3. The Morgan fingerprint density at radius 2 is 1.59 bits per heavy atom. The number of aliphatic hydroxyl groups is 1. The number of benzene rings is 4. The summed E-state index contributed by atoms with van der Waals surface area (Å²) >= 11 is 0. The van der Waals surface area contributed by atoms with Crippen molar-refractivity contribution < 1.29 is 19.4 Å². The third kappa shape index (κ3) is 8.13. The van der Waals surface area contributed by atoms with Gasteiger partial charge in [-0.3, -0.25) is 14.7 Å². The van der Waals surface area contributed by atoms with Gasteiger partial charge in [-0.05, 0) is 64.7 Å². The molecule has 3 atom stereocenters. The Morgan fingerprint density at radius 1 is 0.826 bits per heavy atom. The maximum atomic E-state index is 12.5. The van der Waals surface area contributed by atoms with E-state index in [1.54, 1.807) is 24.5 Å². The van der Waals surface area contributed by atoms with Gasteiger partial charge in [-0.1, -0.05) is 91.0 Å². The molecule has 0 saturated carbocycles. The SMILES string of the molecule is CN(Cc1ccccc1)CC1CC(c2ccc(CO)cc2)OC(c2cccc(-c3cccc(CNC(=O)c4cccnc4)c3)c2)O1. The number of hydrogen-bond acceptors (Lipinski definition) is 6. The Bertz CT molecular complexity index is 1710. The molecule has 0 bridgehead atoms. The van der Waals surface area contributed by atoms with Crippen molar-refractivity contribution in [2.24, 2.45) is 0 Å². The number of pyridine rings is 1. The number of nitrogens with zero attached hydrogens (tertiary/aromatic N) is 2. The number of carbonyl (C=O) groups is 1. The molecule has 1 aromatic heterocycles. The highest BCUT2D eigenvalue weighted by Crippen LogP contribution is 2.39. The number of amides is 1. The summed E-state index contributed by atoms with van der Waals surface area (Å²) in [5, 5.41) is 12.5. The van der Waals surface area contributed by atoms with Crippen LogP contribution in [0.5, 0.6) is 0 Å². The minimum Gasteiger partial charge on any atom is -0.392 e. The monoisotopic (exact) mass is 613 g/mol. The van der Waals surface area contributed by atoms with Crippen molar-refractivity contribution in [1.82, 2.24) is 15.2 Å². The first-order valence-corrected chi connectivity index (χ1v) is 15.6. The molecule has 0 radical (unpaired) electrons. The van der Waals surface area contributed by atoms with Gasteiger partial charge >= 0.3 is 0 Å². The number of hydrogen-bond donors (Lipinski definition) is 2. The third-order valence-electron chi connectivity index (χ3n) is 8.22. The number of nitrogens with one attached hydrogen (secondary N) is 1. The summed E-state index contributed by atoms with van der Waals surface area (Å²) in [5.41, 5.74) is 7.76. The second-order valence-electron chi connectivity index (χ2n) is 11.8. The first-order valence-electron chi connectivity index (χ1n) is 15.6. The zero-order chi connectivity index (χ0) is 31.7. The molecule has 7 nitrogen and oxygen atoms in total. The van der Waals surface area contributed by atoms with Crippen molar-refractivity contribution in [1.29, 1.82) is 0 Å². The lowest BCUT2D eigenvalue weighted by Crippen LogP contribution is -2.37. The van der Waals surface area contributed by atoms with E-state index in [4.69, 9.17) is 9.47 Å². The predicted molar refractivity (Wildman–Crippen MR) is 178 cm³/mol. The van der Waals surface area contributed by atoms with E-state index in [2.05, 4.69) is 70.8 Å². The minimum atomic E-state index is -0.548. The second kappa shape index (κ2) is 15.1. The summed E-state index contributed by atoms with van der Waals surface area (Å²) in [6.07, 6.45) is 3.18. The molecule has 5 aromatic rings. The van der Waals surface area contributed by atoms with Crippen LogP contribution in [0.3, 0.4) is 0 Å². The van der Waals surface area contributed by atoms with Crippen molar-refractivity contribution >= 4 is 5.91 Å². The van der Waals surface area contributed by atoms with Gasteiger partial charge in [0.1, 0.15) is 0 Å². The van der Waals surface area contributed by atoms with Crippen molar-refractivity contribution in [3.05, 3.63) is 161 Å². The van der Waals surface area contributed by atoms with E-state index in [0.717, 1.165) is 52.9 Å². The Hall–Kier alpha value is -4.66. The molecule has 0 spiro atoms. The Balaban J connectivity index is 1.19. The van der Waals surface area contributed by atoms with Gasteiger partial charge in [-0.2, -0.15) is 0 Å². The zero-order valence-corrected chi connectivity index (χ0v) is 26.0. The van der Waals surface area contributed by atoms with Crippen molar-refractivity contribution in [3.8, 4) is 11.1 Å². The van der Waals surface area contributed by atoms with Crippen LogP contribution in [0.2, 0.25) is 0 Å². The first kappa shape index (κ1) is 31.3. The molecule has 1 saturated heterocycles. The third-order valence-corrected chi connectivity index (χ3v) is 8.22. The Morgan fingerprint density at radius 3 is 2.35 bits per heavy atom. The molecular formula is C39H39N3O4. The number of ether oxygens (including phenoxy) is 2. The predicted octanol–water partition coefficient (Wildman–Crippen LogP) is 6.85. The van der Waals surface area contributed by atoms with E-state index >= 15 is 0 Å². The van der Waals surface area contributed by atoms with Gasteiger partial charge in [0.15, 0.2) is 6.29 Å². The summed E-state index contributed by atoms with van der Waals surface area (Å²) in [5.74, 6) is -0.156. The molecule has 1 fully saturated rings. The van der Waals surface area contributed by atoms with E-state index < -0.39 is 6.29 Å². The van der Waals surface area contributed by atoms with Crippen LogP contribution in [0.15, 0.2) is 128 Å². The van der Waals surface area contributed by atoms with Gasteiger partial charge in [-0.15, -0.1) is 0 Å². The van der Waals surface area contributed by atoms with E-state index in [1.165, 1.54) is 5.56 Å². The largest absolute Gasteiger partial charge is 0.392 e. The summed E-state index contributed by atoms with van der Waals surface area (Å²) in [7, 11) is 2.12. The normalized spacial score (nSPS) is 17.9. The molecule has 6 rings (SSSR count). The lowest BCUT2D eigenvalue weighted by molar-refractivity contribution is -0.252. The lowest BCUT2D eigenvalue weighted by Gasteiger charge is -2.38. The molecule has 46 heavy (non-hydrogen) atoms. The number of likely N-dealkylation sites (N-methyl/N-ethyl adjacent to an activating group) is 1. The highest BCUT2D eigenvalue weighted by Gasteiger charge is 2.33. The number of carbonyl (C=O) groups excluding carboxylic acids is 1. The highest BCUT2D eigenvalue weighted by atomic mass is 16.7. The summed E-state index contributed by atoms with van der Waals surface area (Å²) in [4.78, 5) is 18.9. The van der Waals surface area contributed by atoms with E-state index in [1.807, 2.05) is 54.6 Å². The van der Waals surface area contributed by atoms with Gasteiger partial charge in [0, 0.05) is 44.0 Å². The standard InChI is InChI=1S/C39H39N3O4/c1-42(25-28-8-3-2-4-9-28)26-36-22-37(31-17-15-29(27-43)16-18-31)46-39(45-36)34-13-6-12-33(21-34)32-11-5-10-30(20-32)23-41-38(44)35-14-7-19-40-24-35/h2-21,24,36-37,39,43H,22-23,25-27H2,1H3,(H,41,44). The van der Waals surface area contributed by atoms with Crippen LogP contribution in [-0.2, 0) is 29.2 Å². The quantitative estimate of drug-likeness (QED) is 0.170. The summed E-state index contributed by atoms with van der Waals surface area (Å²) in [6, 6.07) is 38.4. The van der Waals surface area contributed by atoms with Gasteiger partial charge in [-0.25, -0.2) is 0 Å². The summed E-state index contributed by atoms with van der Waals surface area (Å²) < 4.78 is 13.3. The molecule has 4 aromatic carbocycles. The minimum absolute atomic E-state index is 0.00924. The average molecular weight is 614 g/mol. The number of rotatable bonds is 11. The van der Waals surface area contributed by atoms with Gasteiger partial charge in [0.2, 0.25) is 0 Å². The van der Waals surface area contributed by atoms with E-state index in [-0.39, 0.29) is 24.7 Å². The van der Waals surface area contributed by atoms with Gasteiger partial charge < -0.3 is 19.9 Å². The van der Waals surface area contributed by atoms with Crippen LogP contribution in [0.25, 0.3) is 11.1 Å². The van der Waals surface area contributed by atoms with Crippen LogP contribution in [0, 0.1) is 0 Å². The smallest absolute Gasteiger partial charge is 0.253 e. The fraction of sp³-hybridized carbons (Fsp3) is 0.231. The molecule has 1 aliphatic rings. The molecule has 0 aliphatic carbocycles. The fourth-order valence-electron chi connectivity index (χ4n) is 5.85. The molecule has 2 N–H and O–H groups in total. The second-order valence-corrected chi connectivity index (χ2v) is 11.8. The van der Waals surface area contributed by atoms with Crippen LogP contribution in [0.1, 0.15) is 57.0 Å². The molecule has 1 aliphatic heterocycles. The van der Waals surface area contributed by atoms with Gasteiger partial charge in [0.25, 0.3) is 5.91 Å². The first-order chi connectivity index (χ1) is 22.5. The van der Waals surface area contributed by atoms with Crippen LogP contribution < -0.4 is 5.32 Å². The van der Waals surface area contributed by atoms with Crippen molar-refractivity contribution in [2.75, 3.05) is 13.6 Å². The summed E-state index contributed by atoms with van der Waals surface area (Å²) in [6.45, 7) is 2.00. The van der Waals surface area contributed by atoms with Crippen LogP contribution in [-0.4, -0.2) is 40.6 Å². The topological polar surface area (TPSA) is 83.9 Å². The molecule has 234 valence electrons. The van der Waals surface area contributed by atoms with Crippen molar-refractivity contribution in [3.63, 3.8) is 0 Å². The zero-order valence-electron chi connectivity index (χ0n) is 26.0. The van der Waals surface area contributed by atoms with Crippen LogP contribution in [0.4, 0.5) is 0 Å². The maximum absolute atomic E-state index is 12.5. The van der Waals surface area contributed by atoms with Crippen molar-refractivity contribution in [2.45, 2.75) is 44.6 Å². The number of aliphatic hydroxyl groups excluding tert-OH is 1. The molecule has 2 heterocycles. The lowest BCUT2D eigenvalue weighted by atomic mass is 9.98. The highest BCUT2D eigenvalue weighted by molar-refractivity contribution is 5.93. The molecule has 3 unspecified atom stereocenters. The van der Waals surface area contributed by atoms with E-state index in [9.17, 15) is 9.90 Å². The molecule has 7 heteroatoms. The molecule has 1 amide bonds. The Labute approximate surface area is 270 Å². The number of aromatic nitrogens is 1. The maximum Gasteiger partial charge on any atom is 0.253 e. The average Bonchev–Trinajstić information content (AvgIpc) is 3.11. The molecular weight excluding hydrogens is 574 g/mol. The fourth-order valence-corrected chi connectivity index (χ4v) is 5.85. The van der Waals surface area contributed by atoms with Crippen LogP contribution >= 0.6 is 0 Å². The van der Waals surface area contributed by atoms with E-state index in [0.29, 0.717) is 12.1 Å².